The molecule has 2 heterocycles. The van der Waals surface area contributed by atoms with Gasteiger partial charge in [0.15, 0.2) is 0 Å². The van der Waals surface area contributed by atoms with Crippen molar-refractivity contribution >= 4 is 23.2 Å². The van der Waals surface area contributed by atoms with Crippen LogP contribution in [0.5, 0.6) is 0 Å². The maximum atomic E-state index is 12.8. The third-order valence-corrected chi connectivity index (χ3v) is 7.30. The predicted molar refractivity (Wildman–Crippen MR) is 119 cm³/mol. The molecule has 4 rings (SSSR count). The number of thiazole rings is 1. The highest BCUT2D eigenvalue weighted by Crippen LogP contribution is 2.40. The summed E-state index contributed by atoms with van der Waals surface area (Å²) in [5.41, 5.74) is 0.678. The Bertz CT molecular complexity index is 989. The van der Waals surface area contributed by atoms with E-state index in [2.05, 4.69) is 20.9 Å². The van der Waals surface area contributed by atoms with E-state index in [4.69, 9.17) is 0 Å². The summed E-state index contributed by atoms with van der Waals surface area (Å²) in [4.78, 5) is 29.7. The Morgan fingerprint density at radius 2 is 2.06 bits per heavy atom. The van der Waals surface area contributed by atoms with E-state index in [1.165, 1.54) is 17.4 Å². The second kappa shape index (κ2) is 10.8. The van der Waals surface area contributed by atoms with Gasteiger partial charge in [0.1, 0.15) is 0 Å². The lowest BCUT2D eigenvalue weighted by Crippen LogP contribution is -2.68. The van der Waals surface area contributed by atoms with Crippen LogP contribution >= 0.6 is 11.3 Å². The van der Waals surface area contributed by atoms with Crippen LogP contribution in [-0.4, -0.2) is 58.7 Å². The van der Waals surface area contributed by atoms with Crippen LogP contribution in [0.15, 0.2) is 36.0 Å². The average Bonchev–Trinajstić information content (AvgIpc) is 3.30. The summed E-state index contributed by atoms with van der Waals surface area (Å²) in [6.07, 6.45) is -0.845. The Hall–Kier alpha value is -2.54. The summed E-state index contributed by atoms with van der Waals surface area (Å²) in [6.45, 7) is 0.271. The molecule has 6 N–H and O–H groups in total. The lowest BCUT2D eigenvalue weighted by molar-refractivity contribution is -0.137. The monoisotopic (exact) mass is 500 g/mol. The first kappa shape index (κ1) is 26.1. The summed E-state index contributed by atoms with van der Waals surface area (Å²) in [5, 5.41) is 19.0. The van der Waals surface area contributed by atoms with Gasteiger partial charge in [-0.1, -0.05) is 6.07 Å². The minimum atomic E-state index is -4.55. The Morgan fingerprint density at radius 3 is 2.71 bits per heavy atom. The van der Waals surface area contributed by atoms with Crippen LogP contribution in [0, 0.1) is 5.92 Å². The number of nitrogens with zero attached hydrogens (tertiary/aromatic N) is 1. The number of hydrogen-bond acceptors (Lipinski definition) is 6. The van der Waals surface area contributed by atoms with Gasteiger partial charge in [-0.3, -0.25) is 14.6 Å². The molecular formula is C22H27F3N4O4S. The largest absolute Gasteiger partial charge is 0.416 e. The molecule has 1 saturated heterocycles. The SMILES string of the molecule is O.O=C(CNC(=O)c1cccc(C(F)(F)F)c1)NC1CNC1C1CC[C@H](O)[C@@H](c2cncs2)C1. The number of aliphatic hydroxyl groups excluding tert-OH is 1. The van der Waals surface area contributed by atoms with Crippen molar-refractivity contribution in [2.24, 2.45) is 5.92 Å². The van der Waals surface area contributed by atoms with E-state index in [9.17, 15) is 27.9 Å². The van der Waals surface area contributed by atoms with E-state index in [0.717, 1.165) is 35.9 Å². The quantitative estimate of drug-likeness (QED) is 0.477. The number of alkyl halides is 3. The van der Waals surface area contributed by atoms with Gasteiger partial charge >= 0.3 is 6.18 Å². The van der Waals surface area contributed by atoms with E-state index < -0.39 is 29.7 Å². The second-order valence-corrected chi connectivity index (χ2v) is 9.44. The molecule has 8 nitrogen and oxygen atoms in total. The number of aliphatic hydroxyl groups is 1. The van der Waals surface area contributed by atoms with E-state index in [-0.39, 0.29) is 41.5 Å². The van der Waals surface area contributed by atoms with Crippen molar-refractivity contribution in [2.45, 2.75) is 49.5 Å². The Morgan fingerprint density at radius 1 is 1.26 bits per heavy atom. The van der Waals surface area contributed by atoms with Gasteiger partial charge in [-0.25, -0.2) is 0 Å². The molecule has 2 aromatic rings. The average molecular weight is 501 g/mol. The number of aromatic nitrogens is 1. The van der Waals surface area contributed by atoms with Gasteiger partial charge in [0.25, 0.3) is 5.91 Å². The number of nitrogens with one attached hydrogen (secondary N) is 3. The number of benzene rings is 1. The maximum absolute atomic E-state index is 12.8. The van der Waals surface area contributed by atoms with Crippen molar-refractivity contribution in [3.63, 3.8) is 0 Å². The molecule has 3 unspecified atom stereocenters. The van der Waals surface area contributed by atoms with Crippen LogP contribution in [0.1, 0.15) is 46.0 Å². The highest BCUT2D eigenvalue weighted by Gasteiger charge is 2.42. The molecule has 1 aliphatic carbocycles. The topological polar surface area (TPSA) is 135 Å². The van der Waals surface area contributed by atoms with Crippen molar-refractivity contribution < 1.29 is 33.3 Å². The molecule has 34 heavy (non-hydrogen) atoms. The zero-order chi connectivity index (χ0) is 23.6. The lowest BCUT2D eigenvalue weighted by Gasteiger charge is -2.46. The van der Waals surface area contributed by atoms with Crippen molar-refractivity contribution in [1.82, 2.24) is 20.9 Å². The number of hydrogen-bond donors (Lipinski definition) is 4. The summed E-state index contributed by atoms with van der Waals surface area (Å²) >= 11 is 1.53. The Kier molecular flexibility index (Phi) is 8.29. The van der Waals surface area contributed by atoms with E-state index in [1.54, 1.807) is 11.7 Å². The van der Waals surface area contributed by atoms with Gasteiger partial charge in [0, 0.05) is 35.1 Å². The molecule has 1 aromatic heterocycles. The Balaban J connectivity index is 0.00000324. The summed E-state index contributed by atoms with van der Waals surface area (Å²) < 4.78 is 38.5. The molecule has 2 aliphatic rings. The summed E-state index contributed by atoms with van der Waals surface area (Å²) in [7, 11) is 0. The molecule has 0 radical (unpaired) electrons. The number of carbonyl (C=O) groups excluding carboxylic acids is 2. The molecule has 0 bridgehead atoms. The first-order valence-electron chi connectivity index (χ1n) is 10.8. The summed E-state index contributed by atoms with van der Waals surface area (Å²) in [5.74, 6) is -0.837. The molecule has 2 fully saturated rings. The van der Waals surface area contributed by atoms with E-state index in [1.807, 2.05) is 0 Å². The van der Waals surface area contributed by atoms with Gasteiger partial charge in [-0.15, -0.1) is 11.3 Å². The van der Waals surface area contributed by atoms with Crippen LogP contribution < -0.4 is 16.0 Å². The van der Waals surface area contributed by atoms with E-state index >= 15 is 0 Å². The van der Waals surface area contributed by atoms with Crippen LogP contribution in [0.3, 0.4) is 0 Å². The number of halogens is 3. The molecule has 1 saturated carbocycles. The van der Waals surface area contributed by atoms with Gasteiger partial charge in [0.05, 0.1) is 29.8 Å². The van der Waals surface area contributed by atoms with Crippen LogP contribution in [-0.2, 0) is 11.0 Å². The highest BCUT2D eigenvalue weighted by atomic mass is 32.1. The molecule has 186 valence electrons. The Labute approximate surface area is 198 Å². The van der Waals surface area contributed by atoms with Crippen molar-refractivity contribution in [2.75, 3.05) is 13.1 Å². The van der Waals surface area contributed by atoms with Crippen molar-refractivity contribution in [3.8, 4) is 0 Å². The van der Waals surface area contributed by atoms with Gasteiger partial charge in [0.2, 0.25) is 5.91 Å². The lowest BCUT2D eigenvalue weighted by atomic mass is 9.72. The first-order valence-corrected chi connectivity index (χ1v) is 11.6. The fraction of sp³-hybridized carbons (Fsp3) is 0.500. The van der Waals surface area contributed by atoms with Gasteiger partial charge in [-0.05, 0) is 43.4 Å². The zero-order valence-electron chi connectivity index (χ0n) is 18.1. The molecule has 2 amide bonds. The molecule has 1 aliphatic heterocycles. The minimum Gasteiger partial charge on any atom is -0.412 e. The van der Waals surface area contributed by atoms with Crippen LogP contribution in [0.2, 0.25) is 0 Å². The highest BCUT2D eigenvalue weighted by molar-refractivity contribution is 7.09. The smallest absolute Gasteiger partial charge is 0.412 e. The van der Waals surface area contributed by atoms with Crippen molar-refractivity contribution in [3.05, 3.63) is 52.0 Å². The van der Waals surface area contributed by atoms with E-state index in [0.29, 0.717) is 13.0 Å². The number of amides is 2. The van der Waals surface area contributed by atoms with Gasteiger partial charge in [-0.2, -0.15) is 13.2 Å². The molecule has 0 spiro atoms. The normalized spacial score (nSPS) is 26.6. The summed E-state index contributed by atoms with van der Waals surface area (Å²) in [6, 6.07) is 4.03. The van der Waals surface area contributed by atoms with Gasteiger partial charge < -0.3 is 26.5 Å². The van der Waals surface area contributed by atoms with Crippen molar-refractivity contribution in [1.29, 1.82) is 0 Å². The molecular weight excluding hydrogens is 473 g/mol. The van der Waals surface area contributed by atoms with Crippen LogP contribution in [0.4, 0.5) is 13.2 Å². The fourth-order valence-corrected chi connectivity index (χ4v) is 5.39. The number of rotatable bonds is 6. The molecule has 1 aromatic carbocycles. The molecule has 12 heteroatoms. The predicted octanol–water partition coefficient (Wildman–Crippen LogP) is 1.47. The zero-order valence-corrected chi connectivity index (χ0v) is 19.0. The first-order chi connectivity index (χ1) is 15.7. The second-order valence-electron chi connectivity index (χ2n) is 8.52. The fourth-order valence-electron chi connectivity index (χ4n) is 4.59. The standard InChI is InChI=1S/C22H25F3N4O3S.H2O/c23-22(24,25)14-3-1-2-13(6-14)21(32)28-10-19(31)29-16-8-27-20(16)12-4-5-17(30)15(7-12)18-9-26-11-33-18;/h1-3,6,9,11-12,15-17,20,27,30H,4-5,7-8,10H2,(H,28,32)(H,29,31);1H2/t12?,15-,16?,17-,20?;/m0./s1. The molecule has 5 atom stereocenters. The minimum absolute atomic E-state index is 0. The maximum Gasteiger partial charge on any atom is 0.416 e. The number of carbonyl (C=O) groups is 2. The van der Waals surface area contributed by atoms with Crippen LogP contribution in [0.25, 0.3) is 0 Å². The third-order valence-electron chi connectivity index (χ3n) is 6.39. The third kappa shape index (κ3) is 5.93.